The van der Waals surface area contributed by atoms with Crippen LogP contribution in [0.4, 0.5) is 0 Å². The molecule has 9 unspecified atom stereocenters. The second-order valence-electron chi connectivity index (χ2n) is 4.73. The van der Waals surface area contributed by atoms with E-state index in [1.54, 1.807) is 0 Å². The Hall–Kier alpha value is -0.400. The van der Waals surface area contributed by atoms with Crippen LogP contribution in [-0.4, -0.2) is 88.0 Å². The molecule has 0 aromatic carbocycles. The zero-order valence-corrected chi connectivity index (χ0v) is 10.2. The van der Waals surface area contributed by atoms with Crippen LogP contribution in [0, 0.1) is 0 Å². The van der Waals surface area contributed by atoms with Gasteiger partial charge in [0.05, 0.1) is 6.61 Å². The van der Waals surface area contributed by atoms with Gasteiger partial charge in [-0.05, 0) is 0 Å². The summed E-state index contributed by atoms with van der Waals surface area (Å²) in [5.74, 6) is 0. The number of epoxide rings is 1. The first kappa shape index (κ1) is 14.5. The number of hydrogen-bond acceptors (Lipinski definition) is 10. The van der Waals surface area contributed by atoms with E-state index in [1.807, 2.05) is 0 Å². The van der Waals surface area contributed by atoms with Gasteiger partial charge in [0.2, 0.25) is 25.2 Å². The maximum absolute atomic E-state index is 9.87. The van der Waals surface area contributed by atoms with E-state index >= 15 is 0 Å². The predicted molar refractivity (Wildman–Crippen MR) is 55.5 cm³/mol. The molecule has 3 aliphatic heterocycles. The van der Waals surface area contributed by atoms with Crippen molar-refractivity contribution < 1.29 is 49.2 Å². The Morgan fingerprint density at radius 2 is 1.50 bits per heavy atom. The van der Waals surface area contributed by atoms with Crippen molar-refractivity contribution in [2.75, 3.05) is 6.61 Å². The summed E-state index contributed by atoms with van der Waals surface area (Å²) in [7, 11) is 0. The molecule has 20 heavy (non-hydrogen) atoms. The molecule has 0 aromatic heterocycles. The zero-order valence-electron chi connectivity index (χ0n) is 10.2. The fraction of sp³-hybridized carbons (Fsp3) is 1.00. The molecule has 9 atom stereocenters. The van der Waals surface area contributed by atoms with Crippen LogP contribution in [0.15, 0.2) is 0 Å². The van der Waals surface area contributed by atoms with Crippen LogP contribution in [0.1, 0.15) is 0 Å². The Labute approximate surface area is 113 Å². The first-order chi connectivity index (χ1) is 9.51. The molecule has 10 heteroatoms. The quantitative estimate of drug-likeness (QED) is 0.328. The fourth-order valence-corrected chi connectivity index (χ4v) is 2.17. The summed E-state index contributed by atoms with van der Waals surface area (Å²) in [6.45, 7) is -0.572. The Morgan fingerprint density at radius 3 is 2.20 bits per heavy atom. The molecule has 3 saturated heterocycles. The summed E-state index contributed by atoms with van der Waals surface area (Å²) >= 11 is 0. The summed E-state index contributed by atoms with van der Waals surface area (Å²) in [5, 5.41) is 47.5. The maximum atomic E-state index is 9.87. The van der Waals surface area contributed by atoms with Crippen LogP contribution in [-0.2, 0) is 23.7 Å². The van der Waals surface area contributed by atoms with Crippen molar-refractivity contribution in [1.82, 2.24) is 0 Å². The molecule has 0 aromatic rings. The van der Waals surface area contributed by atoms with Crippen molar-refractivity contribution >= 4 is 0 Å². The van der Waals surface area contributed by atoms with Gasteiger partial charge in [-0.15, -0.1) is 0 Å². The van der Waals surface area contributed by atoms with Crippen molar-refractivity contribution in [1.29, 1.82) is 0 Å². The van der Waals surface area contributed by atoms with Crippen molar-refractivity contribution in [2.45, 2.75) is 55.9 Å². The molecule has 0 spiro atoms. The lowest BCUT2D eigenvalue weighted by molar-refractivity contribution is -0.361. The molecule has 0 aliphatic carbocycles. The van der Waals surface area contributed by atoms with Crippen molar-refractivity contribution in [3.05, 3.63) is 0 Å². The van der Waals surface area contributed by atoms with E-state index in [0.29, 0.717) is 0 Å². The van der Waals surface area contributed by atoms with E-state index in [0.717, 1.165) is 0 Å². The molecule has 3 aliphatic rings. The number of rotatable bonds is 3. The average Bonchev–Trinajstić information content (AvgIpc) is 3.17. The van der Waals surface area contributed by atoms with Crippen LogP contribution in [0.25, 0.3) is 0 Å². The highest BCUT2D eigenvalue weighted by atomic mass is 16.9. The number of aliphatic hydroxyl groups is 5. The normalized spacial score (nSPS) is 55.4. The molecule has 0 radical (unpaired) electrons. The van der Waals surface area contributed by atoms with Gasteiger partial charge in [0.25, 0.3) is 0 Å². The van der Waals surface area contributed by atoms with Gasteiger partial charge in [0.15, 0.2) is 6.29 Å². The van der Waals surface area contributed by atoms with Gasteiger partial charge in [-0.1, -0.05) is 0 Å². The Bertz CT molecular complexity index is 351. The molecule has 0 saturated carbocycles. The van der Waals surface area contributed by atoms with E-state index in [2.05, 4.69) is 0 Å². The summed E-state index contributed by atoms with van der Waals surface area (Å²) in [6, 6.07) is 0. The van der Waals surface area contributed by atoms with Gasteiger partial charge in [0, 0.05) is 0 Å². The van der Waals surface area contributed by atoms with E-state index in [-0.39, 0.29) is 0 Å². The SMILES string of the molecule is OCC1OC(O)C(O)C(O)C1OC1OC2OC2OC1O. The van der Waals surface area contributed by atoms with Crippen LogP contribution in [0.2, 0.25) is 0 Å². The lowest BCUT2D eigenvalue weighted by atomic mass is 9.99. The van der Waals surface area contributed by atoms with Crippen molar-refractivity contribution in [2.24, 2.45) is 0 Å². The Balaban J connectivity index is 1.67. The minimum atomic E-state index is -1.65. The standard InChI is InChI=1S/C10H16O10/c11-1-2-5(3(12)4(13)6(14)16-2)17-8-7(15)18-9-10(19-8)20-9/h2-15H,1H2. The highest BCUT2D eigenvalue weighted by Crippen LogP contribution is 2.35. The zero-order chi connectivity index (χ0) is 14.4. The van der Waals surface area contributed by atoms with Gasteiger partial charge in [-0.3, -0.25) is 0 Å². The minimum absolute atomic E-state index is 0.572. The van der Waals surface area contributed by atoms with E-state index < -0.39 is 62.5 Å². The Morgan fingerprint density at radius 1 is 0.800 bits per heavy atom. The van der Waals surface area contributed by atoms with Crippen LogP contribution in [0.3, 0.4) is 0 Å². The van der Waals surface area contributed by atoms with Crippen LogP contribution >= 0.6 is 0 Å². The van der Waals surface area contributed by atoms with Crippen molar-refractivity contribution in [3.63, 3.8) is 0 Å². The van der Waals surface area contributed by atoms with Gasteiger partial charge < -0.3 is 49.2 Å². The van der Waals surface area contributed by atoms with Crippen LogP contribution in [0.5, 0.6) is 0 Å². The summed E-state index contributed by atoms with van der Waals surface area (Å²) in [4.78, 5) is 0. The molecular weight excluding hydrogens is 280 g/mol. The van der Waals surface area contributed by atoms with Crippen LogP contribution < -0.4 is 0 Å². The lowest BCUT2D eigenvalue weighted by Gasteiger charge is -2.41. The van der Waals surface area contributed by atoms with E-state index in [9.17, 15) is 25.5 Å². The average molecular weight is 296 g/mol. The summed E-state index contributed by atoms with van der Waals surface area (Å²) in [6.07, 6.45) is -11.2. The third-order valence-electron chi connectivity index (χ3n) is 3.32. The van der Waals surface area contributed by atoms with E-state index in [4.69, 9.17) is 23.7 Å². The fourth-order valence-electron chi connectivity index (χ4n) is 2.17. The summed E-state index contributed by atoms with van der Waals surface area (Å²) < 4.78 is 25.2. The largest absolute Gasteiger partial charge is 0.394 e. The number of hydrogen-bond donors (Lipinski definition) is 5. The third-order valence-corrected chi connectivity index (χ3v) is 3.32. The molecule has 3 rings (SSSR count). The molecule has 0 bridgehead atoms. The number of fused-ring (bicyclic) bond motifs is 1. The molecule has 5 N–H and O–H groups in total. The highest BCUT2D eigenvalue weighted by Gasteiger charge is 2.54. The predicted octanol–water partition coefficient (Wildman–Crippen LogP) is -3.82. The summed E-state index contributed by atoms with van der Waals surface area (Å²) in [5.41, 5.74) is 0. The molecule has 3 heterocycles. The maximum Gasteiger partial charge on any atom is 0.215 e. The molecule has 10 nitrogen and oxygen atoms in total. The van der Waals surface area contributed by atoms with Crippen molar-refractivity contribution in [3.8, 4) is 0 Å². The first-order valence-corrected chi connectivity index (χ1v) is 6.11. The first-order valence-electron chi connectivity index (χ1n) is 6.11. The van der Waals surface area contributed by atoms with Gasteiger partial charge >= 0.3 is 0 Å². The third kappa shape index (κ3) is 2.55. The minimum Gasteiger partial charge on any atom is -0.394 e. The molecule has 116 valence electrons. The van der Waals surface area contributed by atoms with Gasteiger partial charge in [-0.25, -0.2) is 0 Å². The second-order valence-corrected chi connectivity index (χ2v) is 4.73. The second kappa shape index (κ2) is 5.42. The Kier molecular flexibility index (Phi) is 3.94. The van der Waals surface area contributed by atoms with E-state index in [1.165, 1.54) is 0 Å². The molecule has 0 amide bonds. The lowest BCUT2D eigenvalue weighted by Crippen LogP contribution is -2.61. The van der Waals surface area contributed by atoms with Gasteiger partial charge in [-0.2, -0.15) is 0 Å². The molecular formula is C10H16O10. The number of aliphatic hydroxyl groups excluding tert-OH is 5. The molecule has 3 fully saturated rings. The monoisotopic (exact) mass is 296 g/mol. The topological polar surface area (TPSA) is 151 Å². The number of ether oxygens (including phenoxy) is 5. The smallest absolute Gasteiger partial charge is 0.215 e. The van der Waals surface area contributed by atoms with Gasteiger partial charge in [0.1, 0.15) is 24.4 Å². The highest BCUT2D eigenvalue weighted by molar-refractivity contribution is 4.90.